The van der Waals surface area contributed by atoms with Crippen molar-refractivity contribution in [2.45, 2.75) is 44.2 Å². The van der Waals surface area contributed by atoms with Gasteiger partial charge in [-0.3, -0.25) is 19.7 Å². The number of nitrogens with zero attached hydrogens (tertiary/aromatic N) is 2. The van der Waals surface area contributed by atoms with Crippen LogP contribution in [0.3, 0.4) is 0 Å². The van der Waals surface area contributed by atoms with Gasteiger partial charge in [0.1, 0.15) is 6.04 Å². The van der Waals surface area contributed by atoms with Gasteiger partial charge in [-0.05, 0) is 66.6 Å². The van der Waals surface area contributed by atoms with Gasteiger partial charge in [-0.2, -0.15) is 0 Å². The number of nitrogens with one attached hydrogen (secondary N) is 1. The highest BCUT2D eigenvalue weighted by Gasteiger charge is 2.39. The number of imide groups is 1. The first-order valence-electron chi connectivity index (χ1n) is 11.3. The molecule has 3 heterocycles. The normalized spacial score (nSPS) is 21.2. The number of amides is 3. The van der Waals surface area contributed by atoms with Crippen molar-refractivity contribution in [1.29, 1.82) is 0 Å². The maximum Gasteiger partial charge on any atom is 0.335 e. The van der Waals surface area contributed by atoms with Crippen LogP contribution in [-0.2, 0) is 16.1 Å². The molecule has 2 aromatic carbocycles. The van der Waals surface area contributed by atoms with E-state index in [4.69, 9.17) is 5.11 Å². The highest BCUT2D eigenvalue weighted by Crippen LogP contribution is 2.34. The molecule has 3 aliphatic heterocycles. The lowest BCUT2D eigenvalue weighted by molar-refractivity contribution is -0.136. The Bertz CT molecular complexity index is 1140. The van der Waals surface area contributed by atoms with Crippen molar-refractivity contribution in [3.63, 3.8) is 0 Å². The van der Waals surface area contributed by atoms with E-state index in [2.05, 4.69) is 10.2 Å². The molecule has 2 N–H and O–H groups in total. The minimum atomic E-state index is -0.914. The molecule has 5 rings (SSSR count). The van der Waals surface area contributed by atoms with Crippen LogP contribution < -0.4 is 10.2 Å². The van der Waals surface area contributed by atoms with Gasteiger partial charge in [0.25, 0.3) is 5.91 Å². The van der Waals surface area contributed by atoms with Crippen LogP contribution in [0, 0.1) is 0 Å². The average Bonchev–Trinajstić information content (AvgIpc) is 3.15. The fraction of sp³-hybridized carbons (Fsp3) is 0.360. The minimum Gasteiger partial charge on any atom is -0.478 e. The van der Waals surface area contributed by atoms with Crippen LogP contribution in [0.15, 0.2) is 42.5 Å². The van der Waals surface area contributed by atoms with E-state index in [1.165, 1.54) is 5.56 Å². The van der Waals surface area contributed by atoms with Gasteiger partial charge in [-0.25, -0.2) is 4.79 Å². The minimum absolute atomic E-state index is 0.158. The Morgan fingerprint density at radius 2 is 1.70 bits per heavy atom. The summed E-state index contributed by atoms with van der Waals surface area (Å²) in [5.41, 5.74) is 4.06. The molecule has 2 fully saturated rings. The van der Waals surface area contributed by atoms with Crippen molar-refractivity contribution in [2.75, 3.05) is 18.0 Å². The van der Waals surface area contributed by atoms with Gasteiger partial charge in [0, 0.05) is 37.3 Å². The topological polar surface area (TPSA) is 107 Å². The molecule has 170 valence electrons. The van der Waals surface area contributed by atoms with Crippen molar-refractivity contribution >= 4 is 29.4 Å². The van der Waals surface area contributed by atoms with Crippen LogP contribution in [0.4, 0.5) is 5.69 Å². The first-order valence-corrected chi connectivity index (χ1v) is 11.3. The summed E-state index contributed by atoms with van der Waals surface area (Å²) >= 11 is 0. The fourth-order valence-corrected chi connectivity index (χ4v) is 5.13. The van der Waals surface area contributed by atoms with Crippen molar-refractivity contribution in [2.24, 2.45) is 0 Å². The molecule has 0 spiro atoms. The lowest BCUT2D eigenvalue weighted by Gasteiger charge is -2.34. The lowest BCUT2D eigenvalue weighted by Crippen LogP contribution is -2.52. The van der Waals surface area contributed by atoms with Crippen LogP contribution in [0.2, 0.25) is 0 Å². The Morgan fingerprint density at radius 1 is 0.970 bits per heavy atom. The predicted molar refractivity (Wildman–Crippen MR) is 120 cm³/mol. The standard InChI is InChI=1S/C25H25N3O5/c29-22-8-7-21(23(30)26-22)28-14-18-13-19(5-6-20(18)24(28)31)27-11-9-16(10-12-27)15-1-3-17(4-2-15)25(32)33/h1-6,13,16,21H,7-12,14H2,(H,32,33)(H,26,29,30). The number of aromatic carboxylic acids is 1. The molecule has 3 amide bonds. The maximum atomic E-state index is 12.9. The lowest BCUT2D eigenvalue weighted by atomic mass is 9.88. The van der Waals surface area contributed by atoms with Crippen LogP contribution in [-0.4, -0.2) is 52.8 Å². The molecule has 0 aliphatic carbocycles. The average molecular weight is 447 g/mol. The summed E-state index contributed by atoms with van der Waals surface area (Å²) in [6, 6.07) is 12.4. The summed E-state index contributed by atoms with van der Waals surface area (Å²) in [6.45, 7) is 2.12. The third kappa shape index (κ3) is 3.97. The van der Waals surface area contributed by atoms with Gasteiger partial charge in [0.05, 0.1) is 5.56 Å². The van der Waals surface area contributed by atoms with Gasteiger partial charge < -0.3 is 14.9 Å². The summed E-state index contributed by atoms with van der Waals surface area (Å²) in [6.07, 6.45) is 2.53. The fourth-order valence-electron chi connectivity index (χ4n) is 5.13. The first-order chi connectivity index (χ1) is 15.9. The predicted octanol–water partition coefficient (Wildman–Crippen LogP) is 2.53. The molecular formula is C25H25N3O5. The Morgan fingerprint density at radius 3 is 2.36 bits per heavy atom. The van der Waals surface area contributed by atoms with E-state index in [1.54, 1.807) is 17.0 Å². The number of hydrogen-bond donors (Lipinski definition) is 2. The Kier molecular flexibility index (Phi) is 5.36. The zero-order valence-electron chi connectivity index (χ0n) is 18.1. The van der Waals surface area contributed by atoms with Crippen LogP contribution >= 0.6 is 0 Å². The van der Waals surface area contributed by atoms with Crippen LogP contribution in [0.25, 0.3) is 0 Å². The second-order valence-corrected chi connectivity index (χ2v) is 8.93. The zero-order valence-corrected chi connectivity index (χ0v) is 18.1. The van der Waals surface area contributed by atoms with E-state index in [0.29, 0.717) is 30.0 Å². The number of carboxylic acid groups (broad SMARTS) is 1. The van der Waals surface area contributed by atoms with Crippen LogP contribution in [0.5, 0.6) is 0 Å². The largest absolute Gasteiger partial charge is 0.478 e. The Hall–Kier alpha value is -3.68. The quantitative estimate of drug-likeness (QED) is 0.698. The molecule has 3 aliphatic rings. The summed E-state index contributed by atoms with van der Waals surface area (Å²) in [5.74, 6) is -1.37. The summed E-state index contributed by atoms with van der Waals surface area (Å²) in [5, 5.41) is 11.4. The van der Waals surface area contributed by atoms with E-state index < -0.39 is 17.9 Å². The maximum absolute atomic E-state index is 12.9. The van der Waals surface area contributed by atoms with Gasteiger partial charge in [-0.15, -0.1) is 0 Å². The third-order valence-corrected chi connectivity index (χ3v) is 7.00. The molecule has 0 saturated carbocycles. The molecular weight excluding hydrogens is 422 g/mol. The summed E-state index contributed by atoms with van der Waals surface area (Å²) in [7, 11) is 0. The van der Waals surface area contributed by atoms with Crippen LogP contribution in [0.1, 0.15) is 63.4 Å². The van der Waals surface area contributed by atoms with Crippen molar-refractivity contribution in [1.82, 2.24) is 10.2 Å². The van der Waals surface area contributed by atoms with Gasteiger partial charge >= 0.3 is 5.97 Å². The number of rotatable bonds is 4. The van der Waals surface area contributed by atoms with Gasteiger partial charge in [-0.1, -0.05) is 12.1 Å². The molecule has 2 aromatic rings. The van der Waals surface area contributed by atoms with E-state index in [-0.39, 0.29) is 18.2 Å². The number of anilines is 1. The van der Waals surface area contributed by atoms with Gasteiger partial charge in [0.15, 0.2) is 0 Å². The highest BCUT2D eigenvalue weighted by atomic mass is 16.4. The number of carboxylic acids is 1. The number of hydrogen-bond acceptors (Lipinski definition) is 5. The van der Waals surface area contributed by atoms with Gasteiger partial charge in [0.2, 0.25) is 11.8 Å². The molecule has 2 saturated heterocycles. The Balaban J connectivity index is 1.25. The first kappa shape index (κ1) is 21.2. The molecule has 0 bridgehead atoms. The molecule has 1 unspecified atom stereocenters. The number of carbonyl (C=O) groups excluding carboxylic acids is 3. The van der Waals surface area contributed by atoms with E-state index in [1.807, 2.05) is 30.3 Å². The molecule has 1 atom stereocenters. The molecule has 0 aromatic heterocycles. The van der Waals surface area contributed by atoms with Crippen molar-refractivity contribution in [3.05, 3.63) is 64.7 Å². The van der Waals surface area contributed by atoms with Crippen molar-refractivity contribution < 1.29 is 24.3 Å². The second-order valence-electron chi connectivity index (χ2n) is 8.93. The van der Waals surface area contributed by atoms with E-state index in [0.717, 1.165) is 37.2 Å². The third-order valence-electron chi connectivity index (χ3n) is 7.00. The molecule has 8 heteroatoms. The summed E-state index contributed by atoms with van der Waals surface area (Å²) < 4.78 is 0. The van der Waals surface area contributed by atoms with Crippen molar-refractivity contribution in [3.8, 4) is 0 Å². The van der Waals surface area contributed by atoms with E-state index in [9.17, 15) is 19.2 Å². The van der Waals surface area contributed by atoms with E-state index >= 15 is 0 Å². The molecule has 8 nitrogen and oxygen atoms in total. The number of piperidine rings is 2. The smallest absolute Gasteiger partial charge is 0.335 e. The zero-order chi connectivity index (χ0) is 23.1. The number of fused-ring (bicyclic) bond motifs is 1. The number of carbonyl (C=O) groups is 4. The summed E-state index contributed by atoms with van der Waals surface area (Å²) in [4.78, 5) is 51.5. The number of benzene rings is 2. The second kappa shape index (κ2) is 8.35. The monoisotopic (exact) mass is 447 g/mol. The molecule has 33 heavy (non-hydrogen) atoms. The highest BCUT2D eigenvalue weighted by molar-refractivity contribution is 6.05. The SMILES string of the molecule is O=C1CCC(N2Cc3cc(N4CCC(c5ccc(C(=O)O)cc5)CC4)ccc3C2=O)C(=O)N1. The Labute approximate surface area is 191 Å². The molecule has 0 radical (unpaired) electrons.